The molecule has 138 valence electrons. The van der Waals surface area contributed by atoms with Gasteiger partial charge in [-0.05, 0) is 31.7 Å². The highest BCUT2D eigenvalue weighted by atomic mass is 16.2. The van der Waals surface area contributed by atoms with Crippen LogP contribution in [-0.4, -0.2) is 39.2 Å². The number of nitrogens with zero attached hydrogens (tertiary/aromatic N) is 3. The number of likely N-dealkylation sites (tertiary alicyclic amines) is 1. The summed E-state index contributed by atoms with van der Waals surface area (Å²) >= 11 is 0. The van der Waals surface area contributed by atoms with E-state index in [-0.39, 0.29) is 17.6 Å². The Kier molecular flexibility index (Phi) is 6.21. The van der Waals surface area contributed by atoms with Crippen LogP contribution in [0.15, 0.2) is 42.7 Å². The Morgan fingerprint density at radius 2 is 2.04 bits per heavy atom. The zero-order valence-corrected chi connectivity index (χ0v) is 15.4. The molecule has 5 heteroatoms. The Morgan fingerprint density at radius 1 is 1.23 bits per heavy atom. The van der Waals surface area contributed by atoms with Gasteiger partial charge in [0.2, 0.25) is 5.91 Å². The van der Waals surface area contributed by atoms with Gasteiger partial charge in [0.15, 0.2) is 0 Å². The molecule has 0 saturated carbocycles. The Morgan fingerprint density at radius 3 is 2.77 bits per heavy atom. The third-order valence-electron chi connectivity index (χ3n) is 5.16. The summed E-state index contributed by atoms with van der Waals surface area (Å²) in [5.74, 6) is 1.37. The number of piperidine rings is 1. The van der Waals surface area contributed by atoms with Crippen LogP contribution in [-0.2, 0) is 22.6 Å². The van der Waals surface area contributed by atoms with Gasteiger partial charge in [-0.1, -0.05) is 30.3 Å². The Bertz CT molecular complexity index is 739. The molecule has 1 atom stereocenters. The standard InChI is InChI=1S/C21H27N3O2/c1-17-22-11-14-23(17)12-6-10-21(26)24-13-5-9-19(16-24)20(25)15-18-7-3-2-4-8-18/h2-4,7-8,11,14,19H,5-6,9-10,12-13,15-16H2,1H3/t19-/m0/s1. The van der Waals surface area contributed by atoms with Crippen LogP contribution in [0.25, 0.3) is 0 Å². The van der Waals surface area contributed by atoms with Crippen molar-refractivity contribution < 1.29 is 9.59 Å². The SMILES string of the molecule is Cc1nccn1CCCC(=O)N1CCC[C@H](C(=O)Cc2ccccc2)C1. The van der Waals surface area contributed by atoms with E-state index in [1.165, 1.54) is 0 Å². The van der Waals surface area contributed by atoms with E-state index in [1.807, 2.05) is 48.4 Å². The van der Waals surface area contributed by atoms with E-state index < -0.39 is 0 Å². The van der Waals surface area contributed by atoms with Crippen molar-refractivity contribution >= 4 is 11.7 Å². The molecule has 26 heavy (non-hydrogen) atoms. The second kappa shape index (κ2) is 8.79. The second-order valence-corrected chi connectivity index (χ2v) is 7.08. The first-order chi connectivity index (χ1) is 12.6. The van der Waals surface area contributed by atoms with Crippen molar-refractivity contribution in [2.24, 2.45) is 5.92 Å². The van der Waals surface area contributed by atoms with Crippen LogP contribution >= 0.6 is 0 Å². The van der Waals surface area contributed by atoms with Crippen LogP contribution in [0, 0.1) is 12.8 Å². The van der Waals surface area contributed by atoms with Gasteiger partial charge in [0.25, 0.3) is 0 Å². The first-order valence-electron chi connectivity index (χ1n) is 9.45. The lowest BCUT2D eigenvalue weighted by atomic mass is 9.90. The zero-order valence-electron chi connectivity index (χ0n) is 15.4. The molecule has 0 N–H and O–H groups in total. The summed E-state index contributed by atoms with van der Waals surface area (Å²) in [6, 6.07) is 9.85. The van der Waals surface area contributed by atoms with E-state index in [0.29, 0.717) is 19.4 Å². The van der Waals surface area contributed by atoms with Gasteiger partial charge in [0.05, 0.1) is 0 Å². The average molecular weight is 353 g/mol. The second-order valence-electron chi connectivity index (χ2n) is 7.08. The van der Waals surface area contributed by atoms with Gasteiger partial charge in [-0.25, -0.2) is 4.98 Å². The van der Waals surface area contributed by atoms with Crippen LogP contribution in [0.5, 0.6) is 0 Å². The number of amides is 1. The van der Waals surface area contributed by atoms with Gasteiger partial charge in [0.1, 0.15) is 11.6 Å². The van der Waals surface area contributed by atoms with E-state index in [9.17, 15) is 9.59 Å². The molecular weight excluding hydrogens is 326 g/mol. The molecule has 1 aromatic carbocycles. The summed E-state index contributed by atoms with van der Waals surface area (Å²) in [4.78, 5) is 31.2. The van der Waals surface area contributed by atoms with E-state index in [0.717, 1.165) is 43.7 Å². The van der Waals surface area contributed by atoms with Gasteiger partial charge in [0, 0.05) is 50.8 Å². The number of rotatable bonds is 7. The minimum absolute atomic E-state index is 0.0243. The highest BCUT2D eigenvalue weighted by Crippen LogP contribution is 2.20. The van der Waals surface area contributed by atoms with Crippen LogP contribution in [0.1, 0.15) is 37.1 Å². The van der Waals surface area contributed by atoms with E-state index >= 15 is 0 Å². The summed E-state index contributed by atoms with van der Waals surface area (Å²) in [6.45, 7) is 4.13. The fourth-order valence-electron chi connectivity index (χ4n) is 3.61. The summed E-state index contributed by atoms with van der Waals surface area (Å²) < 4.78 is 2.07. The Hall–Kier alpha value is -2.43. The van der Waals surface area contributed by atoms with Crippen LogP contribution < -0.4 is 0 Å². The molecule has 1 aromatic heterocycles. The van der Waals surface area contributed by atoms with Crippen molar-refractivity contribution in [3.8, 4) is 0 Å². The summed E-state index contributed by atoms with van der Waals surface area (Å²) in [7, 11) is 0. The summed E-state index contributed by atoms with van der Waals surface area (Å²) in [6.07, 6.45) is 7.32. The maximum absolute atomic E-state index is 12.6. The zero-order chi connectivity index (χ0) is 18.4. The lowest BCUT2D eigenvalue weighted by Crippen LogP contribution is -2.42. The normalized spacial score (nSPS) is 17.3. The molecule has 3 rings (SSSR count). The number of ketones is 1. The molecule has 5 nitrogen and oxygen atoms in total. The molecule has 1 saturated heterocycles. The Balaban J connectivity index is 1.47. The number of hydrogen-bond acceptors (Lipinski definition) is 3. The van der Waals surface area contributed by atoms with Gasteiger partial charge in [-0.3, -0.25) is 9.59 Å². The maximum atomic E-state index is 12.6. The Labute approximate surface area is 155 Å². The van der Waals surface area contributed by atoms with E-state index in [4.69, 9.17) is 0 Å². The quantitative estimate of drug-likeness (QED) is 0.769. The first-order valence-corrected chi connectivity index (χ1v) is 9.45. The molecule has 1 aliphatic rings. The molecule has 0 bridgehead atoms. The number of benzene rings is 1. The highest BCUT2D eigenvalue weighted by Gasteiger charge is 2.27. The lowest BCUT2D eigenvalue weighted by molar-refractivity contribution is -0.135. The smallest absolute Gasteiger partial charge is 0.222 e. The number of imidazole rings is 1. The topological polar surface area (TPSA) is 55.2 Å². The minimum Gasteiger partial charge on any atom is -0.342 e. The lowest BCUT2D eigenvalue weighted by Gasteiger charge is -2.32. The number of Topliss-reactive ketones (excluding diaryl/α,β-unsaturated/α-hetero) is 1. The predicted octanol–water partition coefficient (Wildman–Crippen LogP) is 3.02. The van der Waals surface area contributed by atoms with Gasteiger partial charge in [-0.15, -0.1) is 0 Å². The third kappa shape index (κ3) is 4.81. The fraction of sp³-hybridized carbons (Fsp3) is 0.476. The van der Waals surface area contributed by atoms with Crippen LogP contribution in [0.2, 0.25) is 0 Å². The number of aromatic nitrogens is 2. The third-order valence-corrected chi connectivity index (χ3v) is 5.16. The molecule has 0 aliphatic carbocycles. The first kappa shape index (κ1) is 18.4. The molecule has 0 radical (unpaired) electrons. The number of hydrogen-bond donors (Lipinski definition) is 0. The molecule has 0 unspecified atom stereocenters. The summed E-state index contributed by atoms with van der Waals surface area (Å²) in [5.41, 5.74) is 1.05. The summed E-state index contributed by atoms with van der Waals surface area (Å²) in [5, 5.41) is 0. The van der Waals surface area contributed by atoms with E-state index in [2.05, 4.69) is 9.55 Å². The molecule has 0 spiro atoms. The van der Waals surface area contributed by atoms with Crippen LogP contribution in [0.4, 0.5) is 0 Å². The van der Waals surface area contributed by atoms with Gasteiger partial charge < -0.3 is 9.47 Å². The van der Waals surface area contributed by atoms with Crippen molar-refractivity contribution in [1.29, 1.82) is 0 Å². The van der Waals surface area contributed by atoms with Crippen molar-refractivity contribution in [2.75, 3.05) is 13.1 Å². The van der Waals surface area contributed by atoms with Crippen molar-refractivity contribution in [3.63, 3.8) is 0 Å². The number of carbonyl (C=O) groups is 2. The largest absolute Gasteiger partial charge is 0.342 e. The fourth-order valence-corrected chi connectivity index (χ4v) is 3.61. The molecule has 2 aromatic rings. The van der Waals surface area contributed by atoms with Crippen LogP contribution in [0.3, 0.4) is 0 Å². The van der Waals surface area contributed by atoms with Gasteiger partial charge >= 0.3 is 0 Å². The molecule has 1 aliphatic heterocycles. The number of aryl methyl sites for hydroxylation is 2. The molecule has 1 fully saturated rings. The minimum atomic E-state index is -0.0243. The average Bonchev–Trinajstić information content (AvgIpc) is 3.07. The highest BCUT2D eigenvalue weighted by molar-refractivity contribution is 5.84. The molecule has 1 amide bonds. The number of carbonyl (C=O) groups excluding carboxylic acids is 2. The molecule has 2 heterocycles. The van der Waals surface area contributed by atoms with Crippen molar-refractivity contribution in [3.05, 3.63) is 54.1 Å². The maximum Gasteiger partial charge on any atom is 0.222 e. The predicted molar refractivity (Wildman–Crippen MR) is 101 cm³/mol. The van der Waals surface area contributed by atoms with Gasteiger partial charge in [-0.2, -0.15) is 0 Å². The van der Waals surface area contributed by atoms with Crippen molar-refractivity contribution in [2.45, 2.75) is 45.6 Å². The molecular formula is C21H27N3O2. The van der Waals surface area contributed by atoms with Crippen molar-refractivity contribution in [1.82, 2.24) is 14.5 Å². The monoisotopic (exact) mass is 353 g/mol. The van der Waals surface area contributed by atoms with E-state index in [1.54, 1.807) is 6.20 Å².